The van der Waals surface area contributed by atoms with Gasteiger partial charge in [0.25, 0.3) is 0 Å². The minimum atomic E-state index is -4.81. The van der Waals surface area contributed by atoms with Crippen LogP contribution >= 0.6 is 11.6 Å². The minimum Gasteiger partial charge on any atom is -0.493 e. The number of amides is 2. The predicted octanol–water partition coefficient (Wildman–Crippen LogP) is 7.49. The Balaban J connectivity index is 1.21. The van der Waals surface area contributed by atoms with Gasteiger partial charge in [-0.2, -0.15) is 0 Å². The number of urea groups is 1. The van der Waals surface area contributed by atoms with Crippen molar-refractivity contribution in [1.82, 2.24) is 14.9 Å². The summed E-state index contributed by atoms with van der Waals surface area (Å²) in [4.78, 5) is 23.5. The number of carbonyl (C=O) groups excluding carboxylic acids is 1. The second-order valence-corrected chi connectivity index (χ2v) is 10.3. The summed E-state index contributed by atoms with van der Waals surface area (Å²) in [5.41, 5.74) is 1.12. The molecule has 2 N–H and O–H groups in total. The van der Waals surface area contributed by atoms with Gasteiger partial charge >= 0.3 is 12.4 Å². The van der Waals surface area contributed by atoms with Crippen LogP contribution < -0.4 is 29.6 Å². The Bertz CT molecular complexity index is 1600. The highest BCUT2D eigenvalue weighted by atomic mass is 35.5. The van der Waals surface area contributed by atoms with E-state index >= 15 is 0 Å². The SMILES string of the molecule is COc1cc2c(Oc3ccc(NC(=O)Nc4ccc(OC(F)(F)F)cc4)c(Cl)c3)ncnc2cc1OCCCN1CCCC1. The molecule has 232 valence electrons. The van der Waals surface area contributed by atoms with E-state index in [1.165, 1.54) is 43.4 Å². The van der Waals surface area contributed by atoms with Gasteiger partial charge < -0.3 is 34.5 Å². The zero-order valence-electron chi connectivity index (χ0n) is 23.6. The third-order valence-corrected chi connectivity index (χ3v) is 7.02. The van der Waals surface area contributed by atoms with E-state index in [2.05, 4.69) is 30.2 Å². The largest absolute Gasteiger partial charge is 0.573 e. The summed E-state index contributed by atoms with van der Waals surface area (Å²) >= 11 is 6.40. The van der Waals surface area contributed by atoms with Crippen LogP contribution in [0.3, 0.4) is 0 Å². The van der Waals surface area contributed by atoms with Crippen LogP contribution in [-0.4, -0.2) is 60.6 Å². The summed E-state index contributed by atoms with van der Waals surface area (Å²) in [5.74, 6) is 1.30. The number of fused-ring (bicyclic) bond motifs is 1. The van der Waals surface area contributed by atoms with Crippen LogP contribution in [-0.2, 0) is 0 Å². The Morgan fingerprint density at radius 1 is 0.977 bits per heavy atom. The van der Waals surface area contributed by atoms with E-state index in [-0.39, 0.29) is 22.3 Å². The topological polar surface area (TPSA) is 107 Å². The lowest BCUT2D eigenvalue weighted by molar-refractivity contribution is -0.274. The summed E-state index contributed by atoms with van der Waals surface area (Å²) in [5, 5.41) is 5.86. The first-order valence-electron chi connectivity index (χ1n) is 13.8. The van der Waals surface area contributed by atoms with Crippen molar-refractivity contribution < 1.29 is 36.9 Å². The fourth-order valence-corrected chi connectivity index (χ4v) is 4.89. The number of rotatable bonds is 11. The molecule has 1 aliphatic heterocycles. The fourth-order valence-electron chi connectivity index (χ4n) is 4.67. The molecule has 0 bridgehead atoms. The van der Waals surface area contributed by atoms with Crippen LogP contribution in [0.25, 0.3) is 10.9 Å². The Hall–Kier alpha value is -4.49. The van der Waals surface area contributed by atoms with Crippen LogP contribution in [0, 0.1) is 0 Å². The molecule has 0 unspecified atom stereocenters. The molecule has 0 saturated carbocycles. The molecule has 2 amide bonds. The summed E-state index contributed by atoms with van der Waals surface area (Å²) in [6.07, 6.45) is -0.0224. The second-order valence-electron chi connectivity index (χ2n) is 9.84. The lowest BCUT2D eigenvalue weighted by Gasteiger charge is -2.16. The van der Waals surface area contributed by atoms with Crippen molar-refractivity contribution in [2.45, 2.75) is 25.6 Å². The highest BCUT2D eigenvalue weighted by Gasteiger charge is 2.31. The Morgan fingerprint density at radius 3 is 2.43 bits per heavy atom. The van der Waals surface area contributed by atoms with Crippen LogP contribution in [0.4, 0.5) is 29.3 Å². The van der Waals surface area contributed by atoms with Gasteiger partial charge in [-0.25, -0.2) is 14.8 Å². The number of anilines is 2. The molecule has 1 aliphatic rings. The van der Waals surface area contributed by atoms with Crippen LogP contribution in [0.1, 0.15) is 19.3 Å². The van der Waals surface area contributed by atoms with Gasteiger partial charge in [-0.05, 0) is 74.8 Å². The number of carbonyl (C=O) groups is 1. The molecule has 1 aromatic heterocycles. The molecule has 1 fully saturated rings. The van der Waals surface area contributed by atoms with Gasteiger partial charge in [0.1, 0.15) is 17.8 Å². The number of ether oxygens (including phenoxy) is 4. The summed E-state index contributed by atoms with van der Waals surface area (Å²) in [6, 6.07) is 12.2. The van der Waals surface area contributed by atoms with Crippen molar-refractivity contribution >= 4 is 39.9 Å². The van der Waals surface area contributed by atoms with Gasteiger partial charge in [-0.1, -0.05) is 11.6 Å². The highest BCUT2D eigenvalue weighted by molar-refractivity contribution is 6.34. The maximum Gasteiger partial charge on any atom is 0.573 e. The first-order chi connectivity index (χ1) is 21.2. The van der Waals surface area contributed by atoms with E-state index in [1.807, 2.05) is 0 Å². The summed E-state index contributed by atoms with van der Waals surface area (Å²) in [7, 11) is 1.56. The average Bonchev–Trinajstić information content (AvgIpc) is 3.50. The van der Waals surface area contributed by atoms with E-state index in [0.29, 0.717) is 34.8 Å². The Labute approximate surface area is 256 Å². The number of benzene rings is 3. The summed E-state index contributed by atoms with van der Waals surface area (Å²) < 4.78 is 58.4. The van der Waals surface area contributed by atoms with E-state index < -0.39 is 18.1 Å². The molecule has 1 saturated heterocycles. The van der Waals surface area contributed by atoms with Crippen molar-refractivity contribution in [3.8, 4) is 28.9 Å². The van der Waals surface area contributed by atoms with Crippen molar-refractivity contribution in [2.75, 3.05) is 44.0 Å². The number of alkyl halides is 3. The third-order valence-electron chi connectivity index (χ3n) is 6.71. The number of nitrogens with zero attached hydrogens (tertiary/aromatic N) is 3. The highest BCUT2D eigenvalue weighted by Crippen LogP contribution is 2.37. The van der Waals surface area contributed by atoms with E-state index in [0.717, 1.165) is 38.2 Å². The van der Waals surface area contributed by atoms with Crippen molar-refractivity contribution in [2.24, 2.45) is 0 Å². The van der Waals surface area contributed by atoms with E-state index in [1.54, 1.807) is 25.3 Å². The average molecular weight is 632 g/mol. The van der Waals surface area contributed by atoms with Crippen LogP contribution in [0.5, 0.6) is 28.9 Å². The lowest BCUT2D eigenvalue weighted by Crippen LogP contribution is -2.21. The molecule has 0 radical (unpaired) electrons. The molecule has 44 heavy (non-hydrogen) atoms. The molecular formula is C30H29ClF3N5O5. The predicted molar refractivity (Wildman–Crippen MR) is 159 cm³/mol. The molecule has 2 heterocycles. The number of methoxy groups -OCH3 is 1. The number of nitrogens with one attached hydrogen (secondary N) is 2. The first-order valence-corrected chi connectivity index (χ1v) is 14.1. The van der Waals surface area contributed by atoms with Gasteiger partial charge in [0.05, 0.1) is 35.3 Å². The van der Waals surface area contributed by atoms with Crippen molar-refractivity contribution in [1.29, 1.82) is 0 Å². The number of halogens is 4. The van der Waals surface area contributed by atoms with Gasteiger partial charge in [-0.15, -0.1) is 13.2 Å². The zero-order chi connectivity index (χ0) is 31.1. The fraction of sp³-hybridized carbons (Fsp3) is 0.300. The normalized spacial score (nSPS) is 13.5. The maximum atomic E-state index is 12.4. The third kappa shape index (κ3) is 8.32. The van der Waals surface area contributed by atoms with Crippen molar-refractivity contribution in [3.63, 3.8) is 0 Å². The molecule has 3 aromatic carbocycles. The lowest BCUT2D eigenvalue weighted by atomic mass is 10.2. The molecule has 4 aromatic rings. The Morgan fingerprint density at radius 2 is 1.73 bits per heavy atom. The number of hydrogen-bond donors (Lipinski definition) is 2. The van der Waals surface area contributed by atoms with Gasteiger partial charge in [0, 0.05) is 24.4 Å². The molecule has 5 rings (SSSR count). The molecule has 0 spiro atoms. The number of hydrogen-bond acceptors (Lipinski definition) is 8. The number of likely N-dealkylation sites (tertiary alicyclic amines) is 1. The van der Waals surface area contributed by atoms with Crippen LogP contribution in [0.15, 0.2) is 60.9 Å². The summed E-state index contributed by atoms with van der Waals surface area (Å²) in [6.45, 7) is 3.83. The van der Waals surface area contributed by atoms with Crippen molar-refractivity contribution in [3.05, 3.63) is 65.9 Å². The molecule has 10 nitrogen and oxygen atoms in total. The second kappa shape index (κ2) is 13.9. The monoisotopic (exact) mass is 631 g/mol. The van der Waals surface area contributed by atoms with Gasteiger partial charge in [0.2, 0.25) is 5.88 Å². The molecule has 14 heteroatoms. The number of aromatic nitrogens is 2. The smallest absolute Gasteiger partial charge is 0.493 e. The van der Waals surface area contributed by atoms with E-state index in [9.17, 15) is 18.0 Å². The zero-order valence-corrected chi connectivity index (χ0v) is 24.4. The molecule has 0 atom stereocenters. The van der Waals surface area contributed by atoms with Crippen LogP contribution in [0.2, 0.25) is 5.02 Å². The quantitative estimate of drug-likeness (QED) is 0.164. The standard InChI is InChI=1S/C30H29ClF3N5O5/c1-41-26-16-22-25(17-27(26)42-14-4-13-39-11-2-3-12-39)35-18-36-28(22)43-21-9-10-24(23(31)15-21)38-29(40)37-19-5-7-20(8-6-19)44-30(32,33)34/h5-10,15-18H,2-4,11-14H2,1H3,(H2,37,38,40). The first kappa shape index (κ1) is 31.0. The van der Waals surface area contributed by atoms with Gasteiger partial charge in [-0.3, -0.25) is 0 Å². The molecule has 0 aliphatic carbocycles. The molecular weight excluding hydrogens is 603 g/mol. The Kier molecular flexibility index (Phi) is 9.75. The maximum absolute atomic E-state index is 12.4. The minimum absolute atomic E-state index is 0.173. The van der Waals surface area contributed by atoms with E-state index in [4.69, 9.17) is 25.8 Å². The van der Waals surface area contributed by atoms with Gasteiger partial charge in [0.15, 0.2) is 11.5 Å².